The molecule has 0 amide bonds. The first kappa shape index (κ1) is 15.2. The Morgan fingerprint density at radius 1 is 1.08 bits per heavy atom. The van der Waals surface area contributed by atoms with Crippen LogP contribution in [0.1, 0.15) is 5.56 Å². The zero-order valence-corrected chi connectivity index (χ0v) is 12.5. The maximum absolute atomic E-state index is 11.1. The maximum atomic E-state index is 11.1. The van der Waals surface area contributed by atoms with Gasteiger partial charge in [0.2, 0.25) is 0 Å². The lowest BCUT2D eigenvalue weighted by molar-refractivity contribution is -0.384. The van der Waals surface area contributed by atoms with Crippen LogP contribution in [-0.4, -0.2) is 9.91 Å². The minimum atomic E-state index is -0.470. The average molecular weight is 316 g/mol. The van der Waals surface area contributed by atoms with Crippen molar-refractivity contribution < 1.29 is 4.92 Å². The molecule has 3 aromatic rings. The van der Waals surface area contributed by atoms with Gasteiger partial charge in [0, 0.05) is 29.5 Å². The van der Waals surface area contributed by atoms with Crippen LogP contribution in [0.2, 0.25) is 0 Å². The predicted octanol–water partition coefficient (Wildman–Crippen LogP) is 3.78. The van der Waals surface area contributed by atoms with E-state index in [0.717, 1.165) is 5.56 Å². The zero-order chi connectivity index (χ0) is 17.1. The predicted molar refractivity (Wildman–Crippen MR) is 90.9 cm³/mol. The Hall–Kier alpha value is -3.72. The zero-order valence-electron chi connectivity index (χ0n) is 12.5. The number of nitrogens with two attached hydrogens (primary N) is 1. The molecule has 0 bridgehead atoms. The standard InChI is InChI=1S/C18H12N4O2/c19-10-15-17(13-7-4-8-14(9-13)22(23)24)16(11-21-18(15)20)12-5-2-1-3-6-12/h1-9,11H,(H2,20,21). The van der Waals surface area contributed by atoms with Crippen LogP contribution in [0.3, 0.4) is 0 Å². The molecule has 3 rings (SSSR count). The first-order valence-corrected chi connectivity index (χ1v) is 7.10. The van der Waals surface area contributed by atoms with Crippen molar-refractivity contribution in [3.8, 4) is 28.3 Å². The van der Waals surface area contributed by atoms with E-state index in [2.05, 4.69) is 11.1 Å². The molecule has 0 aliphatic rings. The lowest BCUT2D eigenvalue weighted by Crippen LogP contribution is -2.00. The summed E-state index contributed by atoms with van der Waals surface area (Å²) >= 11 is 0. The molecular weight excluding hydrogens is 304 g/mol. The first-order chi connectivity index (χ1) is 11.6. The van der Waals surface area contributed by atoms with Crippen molar-refractivity contribution in [1.29, 1.82) is 5.26 Å². The van der Waals surface area contributed by atoms with Crippen LogP contribution in [0.5, 0.6) is 0 Å². The van der Waals surface area contributed by atoms with E-state index in [0.29, 0.717) is 16.7 Å². The molecule has 0 aliphatic heterocycles. The molecule has 0 radical (unpaired) electrons. The summed E-state index contributed by atoms with van der Waals surface area (Å²) < 4.78 is 0. The van der Waals surface area contributed by atoms with E-state index in [1.54, 1.807) is 18.3 Å². The highest BCUT2D eigenvalue weighted by atomic mass is 16.6. The van der Waals surface area contributed by atoms with Gasteiger partial charge in [0.15, 0.2) is 0 Å². The smallest absolute Gasteiger partial charge is 0.270 e. The van der Waals surface area contributed by atoms with Crippen molar-refractivity contribution in [2.75, 3.05) is 5.73 Å². The number of nitro groups is 1. The molecular formula is C18H12N4O2. The van der Waals surface area contributed by atoms with Gasteiger partial charge in [-0.25, -0.2) is 4.98 Å². The van der Waals surface area contributed by atoms with Gasteiger partial charge in [-0.05, 0) is 11.1 Å². The highest BCUT2D eigenvalue weighted by molar-refractivity contribution is 5.89. The minimum absolute atomic E-state index is 0.0502. The molecule has 24 heavy (non-hydrogen) atoms. The van der Waals surface area contributed by atoms with Crippen molar-refractivity contribution in [2.24, 2.45) is 0 Å². The van der Waals surface area contributed by atoms with Crippen molar-refractivity contribution in [3.05, 3.63) is 76.5 Å². The van der Waals surface area contributed by atoms with Crippen LogP contribution in [0.15, 0.2) is 60.8 Å². The summed E-state index contributed by atoms with van der Waals surface area (Å²) in [5.41, 5.74) is 8.64. The number of hydrogen-bond donors (Lipinski definition) is 1. The summed E-state index contributed by atoms with van der Waals surface area (Å²) in [6, 6.07) is 17.6. The van der Waals surface area contributed by atoms with Crippen LogP contribution in [0, 0.1) is 21.4 Å². The molecule has 2 N–H and O–H groups in total. The van der Waals surface area contributed by atoms with E-state index in [-0.39, 0.29) is 17.1 Å². The number of anilines is 1. The number of hydrogen-bond acceptors (Lipinski definition) is 5. The Balaban J connectivity index is 2.34. The number of rotatable bonds is 3. The van der Waals surface area contributed by atoms with Crippen molar-refractivity contribution >= 4 is 11.5 Å². The number of nitriles is 1. The summed E-state index contributed by atoms with van der Waals surface area (Å²) in [5, 5.41) is 20.6. The highest BCUT2D eigenvalue weighted by Gasteiger charge is 2.18. The molecule has 0 atom stereocenters. The number of nitrogens with zero attached hydrogens (tertiary/aromatic N) is 3. The Bertz CT molecular complexity index is 962. The number of aromatic nitrogens is 1. The van der Waals surface area contributed by atoms with Gasteiger partial charge >= 0.3 is 0 Å². The van der Waals surface area contributed by atoms with Crippen molar-refractivity contribution in [2.45, 2.75) is 0 Å². The van der Waals surface area contributed by atoms with Gasteiger partial charge in [-0.1, -0.05) is 42.5 Å². The lowest BCUT2D eigenvalue weighted by atomic mass is 9.92. The van der Waals surface area contributed by atoms with Gasteiger partial charge in [-0.3, -0.25) is 10.1 Å². The van der Waals surface area contributed by atoms with E-state index >= 15 is 0 Å². The van der Waals surface area contributed by atoms with Gasteiger partial charge < -0.3 is 5.73 Å². The maximum Gasteiger partial charge on any atom is 0.270 e. The molecule has 0 saturated heterocycles. The molecule has 6 heteroatoms. The van der Waals surface area contributed by atoms with Crippen molar-refractivity contribution in [3.63, 3.8) is 0 Å². The summed E-state index contributed by atoms with van der Waals surface area (Å²) in [7, 11) is 0. The molecule has 116 valence electrons. The third-order valence-electron chi connectivity index (χ3n) is 3.65. The Kier molecular flexibility index (Phi) is 3.91. The van der Waals surface area contributed by atoms with Gasteiger partial charge in [0.25, 0.3) is 5.69 Å². The molecule has 0 unspecified atom stereocenters. The van der Waals surface area contributed by atoms with Gasteiger partial charge in [-0.2, -0.15) is 5.26 Å². The Labute approximate surface area is 138 Å². The summed E-state index contributed by atoms with van der Waals surface area (Å²) in [5.74, 6) is 0.0960. The fraction of sp³-hybridized carbons (Fsp3) is 0. The molecule has 0 fully saturated rings. The van der Waals surface area contributed by atoms with E-state index in [4.69, 9.17) is 5.73 Å². The second kappa shape index (κ2) is 6.18. The SMILES string of the molecule is N#Cc1c(N)ncc(-c2ccccc2)c1-c1cccc([N+](=O)[O-])c1. The van der Waals surface area contributed by atoms with Crippen LogP contribution in [0.25, 0.3) is 22.3 Å². The molecule has 0 spiro atoms. The first-order valence-electron chi connectivity index (χ1n) is 7.10. The number of nitro benzene ring substituents is 1. The molecule has 6 nitrogen and oxygen atoms in total. The Morgan fingerprint density at radius 2 is 1.79 bits per heavy atom. The van der Waals surface area contributed by atoms with E-state index in [1.165, 1.54) is 12.1 Å². The monoisotopic (exact) mass is 316 g/mol. The highest BCUT2D eigenvalue weighted by Crippen LogP contribution is 2.37. The normalized spacial score (nSPS) is 10.1. The third kappa shape index (κ3) is 2.66. The van der Waals surface area contributed by atoms with Crippen LogP contribution in [-0.2, 0) is 0 Å². The molecule has 1 heterocycles. The number of pyridine rings is 1. The number of benzene rings is 2. The fourth-order valence-corrected chi connectivity index (χ4v) is 2.55. The quantitative estimate of drug-likeness (QED) is 0.584. The average Bonchev–Trinajstić information content (AvgIpc) is 2.62. The molecule has 1 aromatic heterocycles. The van der Waals surface area contributed by atoms with Crippen molar-refractivity contribution in [1.82, 2.24) is 4.98 Å². The van der Waals surface area contributed by atoms with E-state index < -0.39 is 4.92 Å². The third-order valence-corrected chi connectivity index (χ3v) is 3.65. The summed E-state index contributed by atoms with van der Waals surface area (Å²) in [6.07, 6.45) is 1.58. The second-order valence-electron chi connectivity index (χ2n) is 5.09. The summed E-state index contributed by atoms with van der Waals surface area (Å²) in [4.78, 5) is 14.7. The Morgan fingerprint density at radius 3 is 2.46 bits per heavy atom. The number of non-ortho nitro benzene ring substituents is 1. The van der Waals surface area contributed by atoms with Crippen LogP contribution >= 0.6 is 0 Å². The summed E-state index contributed by atoms with van der Waals surface area (Å²) in [6.45, 7) is 0. The van der Waals surface area contributed by atoms with Gasteiger partial charge in [0.1, 0.15) is 17.5 Å². The number of nitrogen functional groups attached to an aromatic ring is 1. The fourth-order valence-electron chi connectivity index (χ4n) is 2.55. The van der Waals surface area contributed by atoms with Gasteiger partial charge in [0.05, 0.1) is 4.92 Å². The van der Waals surface area contributed by atoms with E-state index in [9.17, 15) is 15.4 Å². The minimum Gasteiger partial charge on any atom is -0.383 e. The molecule has 0 saturated carbocycles. The lowest BCUT2D eigenvalue weighted by Gasteiger charge is -2.13. The molecule has 2 aromatic carbocycles. The van der Waals surface area contributed by atoms with Crippen LogP contribution in [0.4, 0.5) is 11.5 Å². The topological polar surface area (TPSA) is 106 Å². The van der Waals surface area contributed by atoms with Crippen LogP contribution < -0.4 is 5.73 Å². The largest absolute Gasteiger partial charge is 0.383 e. The van der Waals surface area contributed by atoms with Gasteiger partial charge in [-0.15, -0.1) is 0 Å². The second-order valence-corrected chi connectivity index (χ2v) is 5.09. The van der Waals surface area contributed by atoms with E-state index in [1.807, 2.05) is 30.3 Å². The molecule has 0 aliphatic carbocycles.